The Morgan fingerprint density at radius 2 is 0.860 bits per heavy atom. The Kier molecular flexibility index (Phi) is 6.42. The zero-order valence-corrected chi connectivity index (χ0v) is 26.7. The summed E-state index contributed by atoms with van der Waals surface area (Å²) in [6.07, 6.45) is 0. The van der Waals surface area contributed by atoms with E-state index in [1.165, 1.54) is 0 Å². The van der Waals surface area contributed by atoms with Gasteiger partial charge in [-0.25, -0.2) is 15.0 Å². The van der Waals surface area contributed by atoms with Crippen LogP contribution in [-0.2, 0) is 0 Å². The number of para-hydroxylation sites is 1. The van der Waals surface area contributed by atoms with Crippen molar-refractivity contribution in [1.29, 1.82) is 0 Å². The van der Waals surface area contributed by atoms with Gasteiger partial charge in [-0.2, -0.15) is 0 Å². The molecule has 0 radical (unpaired) electrons. The van der Waals surface area contributed by atoms with E-state index in [4.69, 9.17) is 23.8 Å². The molecule has 5 nitrogen and oxygen atoms in total. The maximum atomic E-state index is 6.52. The van der Waals surface area contributed by atoms with Crippen molar-refractivity contribution in [2.45, 2.75) is 0 Å². The Balaban J connectivity index is 1.08. The van der Waals surface area contributed by atoms with Crippen LogP contribution in [0, 0.1) is 0 Å². The van der Waals surface area contributed by atoms with Crippen LogP contribution < -0.4 is 0 Å². The Hall–Kier alpha value is -6.85. The lowest BCUT2D eigenvalue weighted by Crippen LogP contribution is -2.00. The average molecular weight is 642 g/mol. The van der Waals surface area contributed by atoms with Gasteiger partial charge in [-0.05, 0) is 64.7 Å². The predicted octanol–water partition coefficient (Wildman–Crippen LogP) is 12.0. The lowest BCUT2D eigenvalue weighted by atomic mass is 9.95. The van der Waals surface area contributed by atoms with E-state index in [9.17, 15) is 0 Å². The van der Waals surface area contributed by atoms with E-state index in [2.05, 4.69) is 78.9 Å². The quantitative estimate of drug-likeness (QED) is 0.187. The highest BCUT2D eigenvalue weighted by Gasteiger charge is 2.17. The molecule has 0 aliphatic heterocycles. The minimum atomic E-state index is 0.593. The monoisotopic (exact) mass is 641 g/mol. The summed E-state index contributed by atoms with van der Waals surface area (Å²) in [4.78, 5) is 14.7. The summed E-state index contributed by atoms with van der Waals surface area (Å²) >= 11 is 0. The van der Waals surface area contributed by atoms with Gasteiger partial charge in [0.25, 0.3) is 0 Å². The smallest absolute Gasteiger partial charge is 0.164 e. The van der Waals surface area contributed by atoms with E-state index >= 15 is 0 Å². The number of hydrogen-bond donors (Lipinski definition) is 0. The van der Waals surface area contributed by atoms with Crippen molar-refractivity contribution in [1.82, 2.24) is 15.0 Å². The molecule has 0 saturated carbocycles. The number of benzene rings is 7. The third kappa shape index (κ3) is 4.75. The highest BCUT2D eigenvalue weighted by molar-refractivity contribution is 6.13. The number of hydrogen-bond acceptors (Lipinski definition) is 5. The number of furan rings is 2. The molecule has 0 aliphatic carbocycles. The molecule has 10 rings (SSSR count). The van der Waals surface area contributed by atoms with Crippen LogP contribution in [0.25, 0.3) is 100 Å². The SMILES string of the molecule is c1ccc(-c2nc(-c3ccccc3)nc(-c3ccc4c(c3)oc3cccc(-c5cccc(-c6ccc7oc8ccccc8c7c6)c5)c34)n2)cc1. The Bertz CT molecular complexity index is 2810. The first-order valence-corrected chi connectivity index (χ1v) is 16.6. The van der Waals surface area contributed by atoms with E-state index in [1.807, 2.05) is 84.9 Å². The standard InChI is InChI=1S/C45H27N3O2/c1-3-11-28(12-4-1)43-46-44(29-13-5-2-6-14-29)48-45(47-43)33-21-23-36-41(27-33)50-40-20-10-18-34(42(36)40)32-16-9-15-30(25-32)31-22-24-39-37(26-31)35-17-7-8-19-38(35)49-39/h1-27H. The van der Waals surface area contributed by atoms with Crippen LogP contribution in [-0.4, -0.2) is 15.0 Å². The van der Waals surface area contributed by atoms with E-state index in [-0.39, 0.29) is 0 Å². The van der Waals surface area contributed by atoms with Gasteiger partial charge >= 0.3 is 0 Å². The number of aromatic nitrogens is 3. The van der Waals surface area contributed by atoms with E-state index in [0.717, 1.165) is 82.8 Å². The van der Waals surface area contributed by atoms with Crippen molar-refractivity contribution in [2.24, 2.45) is 0 Å². The molecule has 0 unspecified atom stereocenters. The minimum absolute atomic E-state index is 0.593. The van der Waals surface area contributed by atoms with Gasteiger partial charge in [-0.3, -0.25) is 0 Å². The molecular weight excluding hydrogens is 615 g/mol. The summed E-state index contributed by atoms with van der Waals surface area (Å²) in [5.74, 6) is 1.85. The summed E-state index contributed by atoms with van der Waals surface area (Å²) in [7, 11) is 0. The molecule has 3 heterocycles. The summed E-state index contributed by atoms with van der Waals surface area (Å²) in [6, 6.07) is 55.8. The van der Waals surface area contributed by atoms with Crippen LogP contribution in [0.5, 0.6) is 0 Å². The predicted molar refractivity (Wildman–Crippen MR) is 202 cm³/mol. The molecule has 0 N–H and O–H groups in total. The molecule has 0 saturated heterocycles. The zero-order valence-electron chi connectivity index (χ0n) is 26.7. The van der Waals surface area contributed by atoms with Gasteiger partial charge in [0.1, 0.15) is 22.3 Å². The molecule has 50 heavy (non-hydrogen) atoms. The zero-order chi connectivity index (χ0) is 33.0. The van der Waals surface area contributed by atoms with E-state index in [1.54, 1.807) is 0 Å². The molecule has 0 fully saturated rings. The molecule has 5 heteroatoms. The second-order valence-corrected chi connectivity index (χ2v) is 12.4. The molecule has 0 atom stereocenters. The Labute approximate surface area is 287 Å². The highest BCUT2D eigenvalue weighted by atomic mass is 16.3. The van der Waals surface area contributed by atoms with E-state index in [0.29, 0.717) is 17.5 Å². The van der Waals surface area contributed by atoms with Gasteiger partial charge in [0, 0.05) is 38.2 Å². The topological polar surface area (TPSA) is 65.0 Å². The molecular formula is C45H27N3O2. The van der Waals surface area contributed by atoms with Gasteiger partial charge in [0.05, 0.1) is 0 Å². The van der Waals surface area contributed by atoms with E-state index < -0.39 is 0 Å². The van der Waals surface area contributed by atoms with Gasteiger partial charge < -0.3 is 8.83 Å². The number of rotatable bonds is 5. The van der Waals surface area contributed by atoms with Gasteiger partial charge in [-0.1, -0.05) is 121 Å². The normalized spacial score (nSPS) is 11.6. The van der Waals surface area contributed by atoms with Crippen molar-refractivity contribution in [2.75, 3.05) is 0 Å². The Morgan fingerprint density at radius 1 is 0.300 bits per heavy atom. The molecule has 10 aromatic rings. The fourth-order valence-electron chi connectivity index (χ4n) is 6.92. The van der Waals surface area contributed by atoms with Crippen LogP contribution in [0.1, 0.15) is 0 Å². The van der Waals surface area contributed by atoms with Gasteiger partial charge in [-0.15, -0.1) is 0 Å². The Morgan fingerprint density at radius 3 is 1.64 bits per heavy atom. The van der Waals surface area contributed by atoms with Crippen LogP contribution in [0.2, 0.25) is 0 Å². The van der Waals surface area contributed by atoms with Crippen molar-refractivity contribution < 1.29 is 8.83 Å². The van der Waals surface area contributed by atoms with Crippen LogP contribution in [0.4, 0.5) is 0 Å². The number of nitrogens with zero attached hydrogens (tertiary/aromatic N) is 3. The second-order valence-electron chi connectivity index (χ2n) is 12.4. The third-order valence-electron chi connectivity index (χ3n) is 9.34. The van der Waals surface area contributed by atoms with Crippen molar-refractivity contribution in [3.05, 3.63) is 164 Å². The van der Waals surface area contributed by atoms with Crippen molar-refractivity contribution in [3.63, 3.8) is 0 Å². The molecule has 3 aromatic heterocycles. The summed E-state index contributed by atoms with van der Waals surface area (Å²) in [5.41, 5.74) is 10.6. The van der Waals surface area contributed by atoms with Gasteiger partial charge in [0.15, 0.2) is 17.5 Å². The van der Waals surface area contributed by atoms with Crippen molar-refractivity contribution in [3.8, 4) is 56.4 Å². The van der Waals surface area contributed by atoms with Crippen LogP contribution in [0.15, 0.2) is 173 Å². The highest BCUT2D eigenvalue weighted by Crippen LogP contribution is 2.40. The maximum absolute atomic E-state index is 6.52. The van der Waals surface area contributed by atoms with Crippen LogP contribution >= 0.6 is 0 Å². The van der Waals surface area contributed by atoms with Crippen molar-refractivity contribution >= 4 is 43.9 Å². The molecule has 0 spiro atoms. The summed E-state index contributed by atoms with van der Waals surface area (Å²) < 4.78 is 12.6. The lowest BCUT2D eigenvalue weighted by Gasteiger charge is -2.09. The third-order valence-corrected chi connectivity index (χ3v) is 9.34. The first-order chi connectivity index (χ1) is 24.7. The molecule has 234 valence electrons. The minimum Gasteiger partial charge on any atom is -0.456 e. The second kappa shape index (κ2) is 11.4. The summed E-state index contributed by atoms with van der Waals surface area (Å²) in [6.45, 7) is 0. The largest absolute Gasteiger partial charge is 0.456 e. The fraction of sp³-hybridized carbons (Fsp3) is 0. The lowest BCUT2D eigenvalue weighted by molar-refractivity contribution is 0.668. The molecule has 0 bridgehead atoms. The number of fused-ring (bicyclic) bond motifs is 6. The average Bonchev–Trinajstić information content (AvgIpc) is 3.76. The first kappa shape index (κ1) is 28.2. The first-order valence-electron chi connectivity index (χ1n) is 16.6. The molecule has 0 aliphatic rings. The maximum Gasteiger partial charge on any atom is 0.164 e. The fourth-order valence-corrected chi connectivity index (χ4v) is 6.92. The van der Waals surface area contributed by atoms with Gasteiger partial charge in [0.2, 0.25) is 0 Å². The summed E-state index contributed by atoms with van der Waals surface area (Å²) in [5, 5.41) is 4.36. The van der Waals surface area contributed by atoms with Crippen LogP contribution in [0.3, 0.4) is 0 Å². The molecule has 7 aromatic carbocycles. The molecule has 0 amide bonds.